The largest absolute Gasteiger partial charge is 0.394 e. The first kappa shape index (κ1) is 19.2. The van der Waals surface area contributed by atoms with E-state index in [9.17, 15) is 14.7 Å². The number of rotatable bonds is 9. The van der Waals surface area contributed by atoms with Crippen molar-refractivity contribution < 1.29 is 14.9 Å². The van der Waals surface area contributed by atoms with Crippen LogP contribution in [0.15, 0.2) is 15.8 Å². The van der Waals surface area contributed by atoms with Crippen molar-refractivity contribution in [1.29, 1.82) is 0 Å². The van der Waals surface area contributed by atoms with Gasteiger partial charge in [-0.05, 0) is 12.2 Å². The molecule has 0 saturated carbocycles. The molecule has 3 atom stereocenters. The van der Waals surface area contributed by atoms with E-state index in [1.807, 2.05) is 0 Å². The molecule has 1 aromatic heterocycles. The lowest BCUT2D eigenvalue weighted by molar-refractivity contribution is -0.0459. The maximum atomic E-state index is 12.0. The van der Waals surface area contributed by atoms with Crippen molar-refractivity contribution in [1.82, 2.24) is 9.55 Å². The fourth-order valence-electron chi connectivity index (χ4n) is 2.71. The van der Waals surface area contributed by atoms with Crippen LogP contribution in [0.5, 0.6) is 0 Å². The third-order valence-electron chi connectivity index (χ3n) is 4.14. The minimum Gasteiger partial charge on any atom is -0.394 e. The van der Waals surface area contributed by atoms with Gasteiger partial charge in [-0.25, -0.2) is 4.79 Å². The summed E-state index contributed by atoms with van der Waals surface area (Å²) < 4.78 is 6.79. The van der Waals surface area contributed by atoms with Gasteiger partial charge in [0.15, 0.2) is 0 Å². The molecule has 0 amide bonds. The van der Waals surface area contributed by atoms with Crippen molar-refractivity contribution in [2.75, 3.05) is 12.4 Å². The zero-order valence-electron chi connectivity index (χ0n) is 13.9. The first-order valence-corrected chi connectivity index (χ1v) is 9.58. The standard InChI is InChI=1S/C16H26N2O5S/c1-2-3-4-5-6-24-10-11-8-18(16(22)17-15(11)21)14-7-12(20)13(9-19)23-14/h8,12-14,19-20H,2-7,9-10H2,1H3,(H,17,21,22)/t12-,13+,14+/m0/s1. The van der Waals surface area contributed by atoms with Crippen molar-refractivity contribution in [3.8, 4) is 0 Å². The lowest BCUT2D eigenvalue weighted by atomic mass is 10.2. The second kappa shape index (κ2) is 9.41. The Kier molecular flexibility index (Phi) is 7.54. The molecular weight excluding hydrogens is 332 g/mol. The Morgan fingerprint density at radius 2 is 2.17 bits per heavy atom. The fourth-order valence-corrected chi connectivity index (χ4v) is 3.69. The monoisotopic (exact) mass is 358 g/mol. The van der Waals surface area contributed by atoms with E-state index < -0.39 is 24.1 Å². The third-order valence-corrected chi connectivity index (χ3v) is 5.23. The molecule has 0 aliphatic carbocycles. The molecule has 0 aromatic carbocycles. The van der Waals surface area contributed by atoms with Gasteiger partial charge < -0.3 is 14.9 Å². The summed E-state index contributed by atoms with van der Waals surface area (Å²) in [4.78, 5) is 26.3. The van der Waals surface area contributed by atoms with E-state index in [0.717, 1.165) is 12.2 Å². The number of H-pyrrole nitrogens is 1. The number of nitrogens with zero attached hydrogens (tertiary/aromatic N) is 1. The summed E-state index contributed by atoms with van der Waals surface area (Å²) in [5.74, 6) is 1.50. The van der Waals surface area contributed by atoms with E-state index in [4.69, 9.17) is 9.84 Å². The van der Waals surface area contributed by atoms with E-state index in [1.165, 1.54) is 30.0 Å². The minimum absolute atomic E-state index is 0.209. The quantitative estimate of drug-likeness (QED) is 0.569. The van der Waals surface area contributed by atoms with E-state index in [1.54, 1.807) is 11.8 Å². The summed E-state index contributed by atoms with van der Waals surface area (Å²) in [6.07, 6.45) is 4.24. The molecule has 1 aliphatic heterocycles. The summed E-state index contributed by atoms with van der Waals surface area (Å²) in [6, 6.07) is 0. The molecule has 24 heavy (non-hydrogen) atoms. The zero-order chi connectivity index (χ0) is 17.5. The molecular formula is C16H26N2O5S. The van der Waals surface area contributed by atoms with Crippen molar-refractivity contribution in [2.24, 2.45) is 0 Å². The number of hydrogen-bond acceptors (Lipinski definition) is 6. The molecule has 2 heterocycles. The van der Waals surface area contributed by atoms with Gasteiger partial charge in [-0.15, -0.1) is 0 Å². The first-order chi connectivity index (χ1) is 11.6. The molecule has 0 bridgehead atoms. The fraction of sp³-hybridized carbons (Fsp3) is 0.750. The average molecular weight is 358 g/mol. The van der Waals surface area contributed by atoms with Crippen LogP contribution in [0.1, 0.15) is 50.8 Å². The normalized spacial score (nSPS) is 23.7. The highest BCUT2D eigenvalue weighted by Gasteiger charge is 2.35. The van der Waals surface area contributed by atoms with Crippen LogP contribution in [0.4, 0.5) is 0 Å². The number of thioether (sulfide) groups is 1. The number of nitrogens with one attached hydrogen (secondary N) is 1. The molecule has 1 aliphatic rings. The van der Waals surface area contributed by atoms with E-state index >= 15 is 0 Å². The maximum absolute atomic E-state index is 12.0. The molecule has 7 nitrogen and oxygen atoms in total. The third kappa shape index (κ3) is 4.95. The van der Waals surface area contributed by atoms with Gasteiger partial charge in [-0.3, -0.25) is 14.3 Å². The molecule has 136 valence electrons. The second-order valence-electron chi connectivity index (χ2n) is 6.05. The summed E-state index contributed by atoms with van der Waals surface area (Å²) in [5, 5.41) is 18.9. The van der Waals surface area contributed by atoms with Gasteiger partial charge in [-0.1, -0.05) is 26.2 Å². The summed E-state index contributed by atoms with van der Waals surface area (Å²) in [5.41, 5.74) is -0.428. The molecule has 0 radical (unpaired) electrons. The molecule has 0 spiro atoms. The Bertz CT molecular complexity index is 630. The Labute approximate surface area is 145 Å². The van der Waals surface area contributed by atoms with E-state index in [0.29, 0.717) is 11.3 Å². The van der Waals surface area contributed by atoms with E-state index in [2.05, 4.69) is 11.9 Å². The molecule has 2 rings (SSSR count). The number of unbranched alkanes of at least 4 members (excludes halogenated alkanes) is 3. The lowest BCUT2D eigenvalue weighted by Gasteiger charge is -2.15. The number of hydrogen-bond donors (Lipinski definition) is 3. The van der Waals surface area contributed by atoms with Crippen LogP contribution in [0.3, 0.4) is 0 Å². The van der Waals surface area contributed by atoms with Crippen molar-refractivity contribution in [2.45, 2.75) is 63.2 Å². The van der Waals surface area contributed by atoms with Crippen LogP contribution in [-0.2, 0) is 10.5 Å². The molecule has 1 fully saturated rings. The minimum atomic E-state index is -0.824. The Morgan fingerprint density at radius 3 is 2.83 bits per heavy atom. The van der Waals surface area contributed by atoms with Crippen LogP contribution < -0.4 is 11.2 Å². The summed E-state index contributed by atoms with van der Waals surface area (Å²) >= 11 is 1.67. The summed E-state index contributed by atoms with van der Waals surface area (Å²) in [7, 11) is 0. The van der Waals surface area contributed by atoms with Crippen LogP contribution in [0.25, 0.3) is 0 Å². The summed E-state index contributed by atoms with van der Waals surface area (Å²) in [6.45, 7) is 1.86. The number of aliphatic hydroxyl groups is 2. The van der Waals surface area contributed by atoms with Gasteiger partial charge in [0.05, 0.1) is 12.7 Å². The highest BCUT2D eigenvalue weighted by molar-refractivity contribution is 7.98. The number of aromatic amines is 1. The molecule has 3 N–H and O–H groups in total. The van der Waals surface area contributed by atoms with Crippen LogP contribution >= 0.6 is 11.8 Å². The van der Waals surface area contributed by atoms with Crippen LogP contribution in [-0.4, -0.2) is 44.3 Å². The average Bonchev–Trinajstić information content (AvgIpc) is 2.93. The lowest BCUT2D eigenvalue weighted by Crippen LogP contribution is -2.34. The molecule has 1 aromatic rings. The van der Waals surface area contributed by atoms with Gasteiger partial charge in [0.2, 0.25) is 0 Å². The SMILES string of the molecule is CCCCCCSCc1cn([C@H]2C[C@H](O)[C@@H](CO)O2)c(=O)[nH]c1=O. The first-order valence-electron chi connectivity index (χ1n) is 8.43. The topological polar surface area (TPSA) is 105 Å². The molecule has 1 saturated heterocycles. The van der Waals surface area contributed by atoms with Crippen LogP contribution in [0.2, 0.25) is 0 Å². The predicted octanol–water partition coefficient (Wildman–Crippen LogP) is 0.991. The maximum Gasteiger partial charge on any atom is 0.330 e. The van der Waals surface area contributed by atoms with Gasteiger partial charge >= 0.3 is 5.69 Å². The van der Waals surface area contributed by atoms with Crippen molar-refractivity contribution in [3.63, 3.8) is 0 Å². The van der Waals surface area contributed by atoms with Gasteiger partial charge in [0, 0.05) is 23.9 Å². The van der Waals surface area contributed by atoms with Gasteiger partial charge in [-0.2, -0.15) is 11.8 Å². The molecule has 8 heteroatoms. The zero-order valence-corrected chi connectivity index (χ0v) is 14.8. The second-order valence-corrected chi connectivity index (χ2v) is 7.15. The number of ether oxygens (including phenoxy) is 1. The van der Waals surface area contributed by atoms with E-state index in [-0.39, 0.29) is 18.6 Å². The Hall–Kier alpha value is -1.09. The molecule has 0 unspecified atom stereocenters. The van der Waals surface area contributed by atoms with Gasteiger partial charge in [0.25, 0.3) is 5.56 Å². The smallest absolute Gasteiger partial charge is 0.330 e. The Balaban J connectivity index is 2.01. The number of aromatic nitrogens is 2. The van der Waals surface area contributed by atoms with Gasteiger partial charge in [0.1, 0.15) is 12.3 Å². The predicted molar refractivity (Wildman–Crippen MR) is 93.2 cm³/mol. The van der Waals surface area contributed by atoms with Crippen LogP contribution in [0, 0.1) is 0 Å². The highest BCUT2D eigenvalue weighted by atomic mass is 32.2. The highest BCUT2D eigenvalue weighted by Crippen LogP contribution is 2.27. The Morgan fingerprint density at radius 1 is 1.38 bits per heavy atom. The number of aliphatic hydroxyl groups excluding tert-OH is 2. The van der Waals surface area contributed by atoms with Crippen molar-refractivity contribution in [3.05, 3.63) is 32.6 Å². The van der Waals surface area contributed by atoms with Crippen molar-refractivity contribution >= 4 is 11.8 Å².